The molecule has 8 nitrogen and oxygen atoms in total. The molecule has 3 N–H and O–H groups in total. The summed E-state index contributed by atoms with van der Waals surface area (Å²) in [5.41, 5.74) is 2.64. The Morgan fingerprint density at radius 1 is 1.00 bits per heavy atom. The highest BCUT2D eigenvalue weighted by molar-refractivity contribution is 8.26. The van der Waals surface area contributed by atoms with Crippen molar-refractivity contribution in [3.05, 3.63) is 58.6 Å². The lowest BCUT2D eigenvalue weighted by molar-refractivity contribution is 0.0978. The smallest absolute Gasteiger partial charge is 0.407 e. The van der Waals surface area contributed by atoms with E-state index in [1.54, 1.807) is 38.4 Å². The first-order valence-electron chi connectivity index (χ1n) is 10.3. The maximum absolute atomic E-state index is 12.6. The summed E-state index contributed by atoms with van der Waals surface area (Å²) in [7, 11) is 0.0885. The highest BCUT2D eigenvalue weighted by atomic mass is 35.5. The molecule has 2 aromatic carbocycles. The van der Waals surface area contributed by atoms with Gasteiger partial charge in [-0.05, 0) is 60.1 Å². The predicted molar refractivity (Wildman–Crippen MR) is 129 cm³/mol. The molecule has 174 valence electrons. The lowest BCUT2D eigenvalue weighted by Gasteiger charge is -2.40. The second kappa shape index (κ2) is 9.99. The lowest BCUT2D eigenvalue weighted by Crippen LogP contribution is -2.32. The van der Waals surface area contributed by atoms with E-state index >= 15 is 0 Å². The van der Waals surface area contributed by atoms with Crippen LogP contribution in [0.3, 0.4) is 0 Å². The van der Waals surface area contributed by atoms with Crippen LogP contribution in [0.15, 0.2) is 42.5 Å². The number of carbonyl (C=O) groups excluding carboxylic acids is 1. The maximum Gasteiger partial charge on any atom is 0.407 e. The van der Waals surface area contributed by atoms with Gasteiger partial charge in [0.05, 0.1) is 11.4 Å². The van der Waals surface area contributed by atoms with Gasteiger partial charge in [-0.25, -0.2) is 4.79 Å². The van der Waals surface area contributed by atoms with Crippen molar-refractivity contribution < 1.29 is 23.8 Å². The third kappa shape index (κ3) is 5.12. The second-order valence-electron chi connectivity index (χ2n) is 7.68. The molecule has 2 aromatic rings. The number of amides is 1. The van der Waals surface area contributed by atoms with Crippen molar-refractivity contribution in [2.75, 3.05) is 35.8 Å². The number of fused-ring (bicyclic) bond motifs is 1. The van der Waals surface area contributed by atoms with E-state index in [9.17, 15) is 23.8 Å². The van der Waals surface area contributed by atoms with Crippen LogP contribution in [-0.4, -0.2) is 58.2 Å². The molecule has 0 atom stereocenters. The van der Waals surface area contributed by atoms with Crippen molar-refractivity contribution >= 4 is 45.8 Å². The molecule has 32 heavy (non-hydrogen) atoms. The van der Waals surface area contributed by atoms with Crippen LogP contribution in [-0.2, 0) is 6.42 Å². The number of carboxylic acid groups (broad SMARTS) is 1. The zero-order valence-corrected chi connectivity index (χ0v) is 19.6. The van der Waals surface area contributed by atoms with E-state index < -0.39 is 17.1 Å². The third-order valence-electron chi connectivity index (χ3n) is 5.67. The molecule has 0 radical (unpaired) electrons. The van der Waals surface area contributed by atoms with Gasteiger partial charge in [0, 0.05) is 44.2 Å². The van der Waals surface area contributed by atoms with Gasteiger partial charge in [0.25, 0.3) is 0 Å². The van der Waals surface area contributed by atoms with E-state index in [0.29, 0.717) is 54.3 Å². The highest BCUT2D eigenvalue weighted by Crippen LogP contribution is 2.59. The summed E-state index contributed by atoms with van der Waals surface area (Å²) in [4.78, 5) is 25.5. The van der Waals surface area contributed by atoms with Gasteiger partial charge in [0.15, 0.2) is 5.78 Å². The van der Waals surface area contributed by atoms with Crippen molar-refractivity contribution in [1.82, 2.24) is 4.90 Å². The Morgan fingerprint density at radius 3 is 2.38 bits per heavy atom. The van der Waals surface area contributed by atoms with Crippen molar-refractivity contribution in [2.24, 2.45) is 0 Å². The number of benzene rings is 2. The first-order chi connectivity index (χ1) is 15.1. The minimum Gasteiger partial charge on any atom is -0.465 e. The number of rotatable bonds is 9. The molecule has 0 saturated carbocycles. The van der Waals surface area contributed by atoms with Crippen LogP contribution in [0.1, 0.15) is 35.2 Å². The SMILES string of the molecule is CN1c2ccc(C(=O)CCCCN(CCc3ccccc3Cl)C(=O)O)cc2N(C)S1(O)O. The Bertz CT molecular complexity index is 1000. The maximum atomic E-state index is 12.6. The Labute approximate surface area is 194 Å². The number of ketones is 1. The number of halogens is 1. The van der Waals surface area contributed by atoms with Crippen molar-refractivity contribution in [3.8, 4) is 0 Å². The summed E-state index contributed by atoms with van der Waals surface area (Å²) in [6.45, 7) is 0.676. The zero-order chi connectivity index (χ0) is 23.5. The molecule has 1 aliphatic rings. The Balaban J connectivity index is 1.51. The molecule has 1 aliphatic heterocycles. The Kier molecular flexibility index (Phi) is 7.55. The average molecular weight is 482 g/mol. The summed E-state index contributed by atoms with van der Waals surface area (Å²) >= 11 is 6.14. The van der Waals surface area contributed by atoms with E-state index in [1.807, 2.05) is 18.2 Å². The molecular formula is C22H28ClN3O5S. The molecule has 1 heterocycles. The van der Waals surface area contributed by atoms with Crippen LogP contribution in [0.5, 0.6) is 0 Å². The number of hydrogen-bond acceptors (Lipinski definition) is 6. The molecule has 1 amide bonds. The van der Waals surface area contributed by atoms with E-state index in [1.165, 1.54) is 13.5 Å². The van der Waals surface area contributed by atoms with Gasteiger partial charge in [-0.1, -0.05) is 29.8 Å². The number of anilines is 2. The number of carbonyl (C=O) groups is 2. The standard InChI is InChI=1S/C22H28ClN3O5S/c1-24-19-11-10-17(15-20(19)25(2)32(24,30)31)21(27)9-5-6-13-26(22(28)29)14-12-16-7-3-4-8-18(16)23/h3-4,7-8,10-11,15,30-31H,5-6,9,12-14H2,1-2H3,(H,28,29). The number of Topliss-reactive ketones (excluding diaryl/α,β-unsaturated/α-hetero) is 1. The lowest BCUT2D eigenvalue weighted by atomic mass is 10.0. The molecule has 0 unspecified atom stereocenters. The Hall–Kier alpha value is -2.46. The third-order valence-corrected chi connectivity index (χ3v) is 7.90. The molecule has 0 fully saturated rings. The van der Waals surface area contributed by atoms with Crippen molar-refractivity contribution in [3.63, 3.8) is 0 Å². The van der Waals surface area contributed by atoms with Crippen LogP contribution in [0, 0.1) is 0 Å². The topological polar surface area (TPSA) is 105 Å². The summed E-state index contributed by atoms with van der Waals surface area (Å²) in [5.74, 6) is -0.0647. The van der Waals surface area contributed by atoms with Crippen molar-refractivity contribution in [1.29, 1.82) is 0 Å². The minimum absolute atomic E-state index is 0.0647. The van der Waals surface area contributed by atoms with Crippen LogP contribution in [0.25, 0.3) is 0 Å². The number of unbranched alkanes of at least 4 members (excludes halogenated alkanes) is 1. The van der Waals surface area contributed by atoms with Gasteiger partial charge in [-0.15, -0.1) is 0 Å². The molecule has 0 spiro atoms. The van der Waals surface area contributed by atoms with Gasteiger partial charge in [0.1, 0.15) is 0 Å². The van der Waals surface area contributed by atoms with Gasteiger partial charge in [-0.3, -0.25) is 22.5 Å². The fourth-order valence-electron chi connectivity index (χ4n) is 3.66. The van der Waals surface area contributed by atoms with Gasteiger partial charge >= 0.3 is 6.09 Å². The summed E-state index contributed by atoms with van der Waals surface area (Å²) < 4.78 is 23.2. The van der Waals surface area contributed by atoms with E-state index in [-0.39, 0.29) is 12.2 Å². The van der Waals surface area contributed by atoms with Gasteiger partial charge in [0.2, 0.25) is 0 Å². The summed E-state index contributed by atoms with van der Waals surface area (Å²) in [5, 5.41) is 10.1. The van der Waals surface area contributed by atoms with Gasteiger partial charge in [-0.2, -0.15) is 0 Å². The van der Waals surface area contributed by atoms with E-state index in [2.05, 4.69) is 0 Å². The first-order valence-corrected chi connectivity index (χ1v) is 12.1. The number of hydrogen-bond donors (Lipinski definition) is 3. The summed E-state index contributed by atoms with van der Waals surface area (Å²) in [6, 6.07) is 12.4. The van der Waals surface area contributed by atoms with Crippen LogP contribution >= 0.6 is 22.6 Å². The number of nitrogens with zero attached hydrogens (tertiary/aromatic N) is 3. The predicted octanol–water partition coefficient (Wildman–Crippen LogP) is 5.38. The largest absolute Gasteiger partial charge is 0.465 e. The normalized spacial score (nSPS) is 15.4. The van der Waals surface area contributed by atoms with E-state index in [4.69, 9.17) is 11.6 Å². The van der Waals surface area contributed by atoms with Crippen LogP contribution < -0.4 is 8.61 Å². The van der Waals surface area contributed by atoms with Crippen LogP contribution in [0.2, 0.25) is 5.02 Å². The average Bonchev–Trinajstić information content (AvgIpc) is 2.93. The quantitative estimate of drug-likeness (QED) is 0.326. The fraction of sp³-hybridized carbons (Fsp3) is 0.364. The van der Waals surface area contributed by atoms with Crippen molar-refractivity contribution in [2.45, 2.75) is 25.7 Å². The monoisotopic (exact) mass is 481 g/mol. The fourth-order valence-corrected chi connectivity index (χ4v) is 5.08. The molecule has 3 rings (SSSR count). The highest BCUT2D eigenvalue weighted by Gasteiger charge is 2.36. The van der Waals surface area contributed by atoms with Gasteiger partial charge < -0.3 is 10.0 Å². The molecule has 0 saturated heterocycles. The molecular weight excluding hydrogens is 454 g/mol. The van der Waals surface area contributed by atoms with E-state index in [0.717, 1.165) is 5.56 Å². The molecule has 0 aliphatic carbocycles. The summed E-state index contributed by atoms with van der Waals surface area (Å²) in [6.07, 6.45) is 0.937. The Morgan fingerprint density at radius 2 is 1.69 bits per heavy atom. The second-order valence-corrected chi connectivity index (χ2v) is 10.2. The first kappa shape index (κ1) is 24.2. The zero-order valence-electron chi connectivity index (χ0n) is 18.1. The molecule has 0 aromatic heterocycles. The van der Waals surface area contributed by atoms with Crippen LogP contribution in [0.4, 0.5) is 16.2 Å². The molecule has 10 heteroatoms. The minimum atomic E-state index is -3.09. The molecule has 0 bridgehead atoms.